The molecule has 0 heterocycles. The average Bonchev–Trinajstić information content (AvgIpc) is 2.40. The van der Waals surface area contributed by atoms with Crippen LogP contribution in [-0.2, 0) is 6.54 Å². The van der Waals surface area contributed by atoms with Crippen LogP contribution in [-0.4, -0.2) is 6.03 Å². The minimum Gasteiger partial charge on any atom is -0.334 e. The van der Waals surface area contributed by atoms with E-state index in [-0.39, 0.29) is 12.1 Å². The highest BCUT2D eigenvalue weighted by molar-refractivity contribution is 6.30. The lowest BCUT2D eigenvalue weighted by molar-refractivity contribution is 0.251. The third kappa shape index (κ3) is 4.16. The third-order valence-electron chi connectivity index (χ3n) is 2.81. The lowest BCUT2D eigenvalue weighted by atomic mass is 10.1. The summed E-state index contributed by atoms with van der Waals surface area (Å²) in [6, 6.07) is 8.36. The summed E-state index contributed by atoms with van der Waals surface area (Å²) in [4.78, 5) is 11.7. The molecule has 0 saturated carbocycles. The van der Waals surface area contributed by atoms with Crippen LogP contribution in [0.15, 0.2) is 36.4 Å². The van der Waals surface area contributed by atoms with Gasteiger partial charge in [0.1, 0.15) is 11.6 Å². The molecule has 0 aromatic heterocycles. The monoisotopic (exact) mass is 310 g/mol. The van der Waals surface area contributed by atoms with E-state index in [0.29, 0.717) is 16.3 Å². The smallest absolute Gasteiger partial charge is 0.319 e. The van der Waals surface area contributed by atoms with Crippen LogP contribution in [0, 0.1) is 18.6 Å². The van der Waals surface area contributed by atoms with Crippen LogP contribution >= 0.6 is 11.6 Å². The minimum atomic E-state index is -0.681. The van der Waals surface area contributed by atoms with E-state index in [4.69, 9.17) is 11.6 Å². The number of hydrogen-bond donors (Lipinski definition) is 2. The summed E-state index contributed by atoms with van der Waals surface area (Å²) in [5.74, 6) is -1.36. The van der Waals surface area contributed by atoms with Crippen molar-refractivity contribution in [1.29, 1.82) is 0 Å². The number of amides is 2. The Bertz CT molecular complexity index is 636. The van der Waals surface area contributed by atoms with Gasteiger partial charge in [0.25, 0.3) is 0 Å². The van der Waals surface area contributed by atoms with Gasteiger partial charge in [-0.15, -0.1) is 0 Å². The molecule has 0 bridgehead atoms. The maximum absolute atomic E-state index is 13.6. The van der Waals surface area contributed by atoms with Crippen molar-refractivity contribution in [2.45, 2.75) is 13.5 Å². The Kier molecular flexibility index (Phi) is 4.75. The van der Waals surface area contributed by atoms with Gasteiger partial charge < -0.3 is 10.6 Å². The highest BCUT2D eigenvalue weighted by atomic mass is 35.5. The van der Waals surface area contributed by atoms with Crippen molar-refractivity contribution in [2.75, 3.05) is 5.32 Å². The first kappa shape index (κ1) is 15.3. The van der Waals surface area contributed by atoms with Gasteiger partial charge >= 0.3 is 6.03 Å². The molecule has 6 heteroatoms. The molecule has 3 nitrogen and oxygen atoms in total. The molecular formula is C15H13ClF2N2O. The van der Waals surface area contributed by atoms with Gasteiger partial charge in [-0.05, 0) is 48.9 Å². The molecule has 0 unspecified atom stereocenters. The second-order valence-electron chi connectivity index (χ2n) is 4.52. The molecule has 0 saturated heterocycles. The highest BCUT2D eigenvalue weighted by Gasteiger charge is 2.11. The van der Waals surface area contributed by atoms with Gasteiger partial charge in [0, 0.05) is 16.3 Å². The Morgan fingerprint density at radius 1 is 1.14 bits per heavy atom. The summed E-state index contributed by atoms with van der Waals surface area (Å²) in [6.45, 7) is 1.36. The molecule has 2 rings (SSSR count). The number of hydrogen-bond acceptors (Lipinski definition) is 1. The predicted molar refractivity (Wildman–Crippen MR) is 78.4 cm³/mol. The summed E-state index contributed by atoms with van der Waals surface area (Å²) >= 11 is 5.73. The van der Waals surface area contributed by atoms with Gasteiger partial charge in [0.05, 0.1) is 6.54 Å². The molecular weight excluding hydrogens is 298 g/mol. The fourth-order valence-corrected chi connectivity index (χ4v) is 1.90. The quantitative estimate of drug-likeness (QED) is 0.874. The number of nitrogens with one attached hydrogen (secondary N) is 2. The number of halogens is 3. The van der Waals surface area contributed by atoms with Crippen LogP contribution in [0.2, 0.25) is 5.02 Å². The number of anilines is 1. The van der Waals surface area contributed by atoms with E-state index in [0.717, 1.165) is 0 Å². The van der Waals surface area contributed by atoms with E-state index in [1.807, 2.05) is 0 Å². The molecule has 0 aliphatic heterocycles. The molecule has 0 atom stereocenters. The number of carbonyl (C=O) groups excluding carboxylic acids is 1. The molecule has 2 N–H and O–H groups in total. The zero-order chi connectivity index (χ0) is 15.4. The van der Waals surface area contributed by atoms with Crippen LogP contribution < -0.4 is 10.6 Å². The lowest BCUT2D eigenvalue weighted by Crippen LogP contribution is -2.29. The molecule has 0 radical (unpaired) electrons. The molecule has 2 amide bonds. The van der Waals surface area contributed by atoms with Crippen molar-refractivity contribution in [2.24, 2.45) is 0 Å². The molecule has 110 valence electrons. The Morgan fingerprint density at radius 3 is 2.29 bits per heavy atom. The van der Waals surface area contributed by atoms with Gasteiger partial charge in [-0.1, -0.05) is 11.6 Å². The van der Waals surface area contributed by atoms with Gasteiger partial charge in [0.2, 0.25) is 0 Å². The standard InChI is InChI=1S/C15H13ClF2N2O/c1-9-6-13(17)12(14(18)7-9)8-19-15(21)20-11-4-2-10(16)3-5-11/h2-7H,8H2,1H3,(H2,19,20,21). The first-order valence-electron chi connectivity index (χ1n) is 6.20. The Morgan fingerprint density at radius 2 is 1.71 bits per heavy atom. The summed E-state index contributed by atoms with van der Waals surface area (Å²) in [5.41, 5.74) is 0.841. The number of benzene rings is 2. The Balaban J connectivity index is 1.97. The number of urea groups is 1. The van der Waals surface area contributed by atoms with Crippen LogP contribution in [0.1, 0.15) is 11.1 Å². The average molecular weight is 311 g/mol. The minimum absolute atomic E-state index is 0.174. The number of carbonyl (C=O) groups is 1. The largest absolute Gasteiger partial charge is 0.334 e. The molecule has 2 aromatic rings. The summed E-state index contributed by atoms with van der Waals surface area (Å²) in [6.07, 6.45) is 0. The second kappa shape index (κ2) is 6.54. The number of aryl methyl sites for hydroxylation is 1. The highest BCUT2D eigenvalue weighted by Crippen LogP contribution is 2.15. The molecule has 0 fully saturated rings. The Labute approximate surface area is 125 Å². The SMILES string of the molecule is Cc1cc(F)c(CNC(=O)Nc2ccc(Cl)cc2)c(F)c1. The first-order valence-corrected chi connectivity index (χ1v) is 6.58. The van der Waals surface area contributed by atoms with Crippen LogP contribution in [0.25, 0.3) is 0 Å². The summed E-state index contributed by atoms with van der Waals surface area (Å²) in [7, 11) is 0. The van der Waals surface area contributed by atoms with Gasteiger partial charge in [0.15, 0.2) is 0 Å². The van der Waals surface area contributed by atoms with Crippen molar-refractivity contribution in [3.05, 3.63) is 64.2 Å². The summed E-state index contributed by atoms with van der Waals surface area (Å²) < 4.78 is 27.2. The van der Waals surface area contributed by atoms with Crippen LogP contribution in [0.5, 0.6) is 0 Å². The normalized spacial score (nSPS) is 10.3. The molecule has 0 aliphatic carbocycles. The Hall–Kier alpha value is -2.14. The van der Waals surface area contributed by atoms with Gasteiger partial charge in [-0.3, -0.25) is 0 Å². The molecule has 0 spiro atoms. The van der Waals surface area contributed by atoms with Crippen molar-refractivity contribution >= 4 is 23.3 Å². The van der Waals surface area contributed by atoms with Crippen molar-refractivity contribution in [3.63, 3.8) is 0 Å². The van der Waals surface area contributed by atoms with Crippen LogP contribution in [0.4, 0.5) is 19.3 Å². The predicted octanol–water partition coefficient (Wildman–Crippen LogP) is 4.25. The van der Waals surface area contributed by atoms with E-state index in [1.54, 1.807) is 31.2 Å². The van der Waals surface area contributed by atoms with Crippen molar-refractivity contribution in [1.82, 2.24) is 5.32 Å². The van der Waals surface area contributed by atoms with E-state index in [9.17, 15) is 13.6 Å². The van der Waals surface area contributed by atoms with E-state index in [2.05, 4.69) is 10.6 Å². The number of rotatable bonds is 3. The maximum Gasteiger partial charge on any atom is 0.319 e. The van der Waals surface area contributed by atoms with Crippen molar-refractivity contribution < 1.29 is 13.6 Å². The third-order valence-corrected chi connectivity index (χ3v) is 3.07. The van der Waals surface area contributed by atoms with Gasteiger partial charge in [-0.25, -0.2) is 13.6 Å². The summed E-state index contributed by atoms with van der Waals surface area (Å²) in [5, 5.41) is 5.48. The van der Waals surface area contributed by atoms with Crippen molar-refractivity contribution in [3.8, 4) is 0 Å². The molecule has 21 heavy (non-hydrogen) atoms. The topological polar surface area (TPSA) is 41.1 Å². The zero-order valence-electron chi connectivity index (χ0n) is 11.2. The second-order valence-corrected chi connectivity index (χ2v) is 4.96. The van der Waals surface area contributed by atoms with E-state index < -0.39 is 17.7 Å². The first-order chi connectivity index (χ1) is 9.95. The molecule has 0 aliphatic rings. The fraction of sp³-hybridized carbons (Fsp3) is 0.133. The maximum atomic E-state index is 13.6. The van der Waals surface area contributed by atoms with E-state index >= 15 is 0 Å². The fourth-order valence-electron chi connectivity index (χ4n) is 1.78. The zero-order valence-corrected chi connectivity index (χ0v) is 12.0. The van der Waals surface area contributed by atoms with Crippen LogP contribution in [0.3, 0.4) is 0 Å². The van der Waals surface area contributed by atoms with Gasteiger partial charge in [-0.2, -0.15) is 0 Å². The van der Waals surface area contributed by atoms with E-state index in [1.165, 1.54) is 12.1 Å². The lowest BCUT2D eigenvalue weighted by Gasteiger charge is -2.09. The molecule has 2 aromatic carbocycles.